The second kappa shape index (κ2) is 7.17. The highest BCUT2D eigenvalue weighted by Crippen LogP contribution is 2.41. The third kappa shape index (κ3) is 4.63. The molecule has 0 spiro atoms. The Morgan fingerprint density at radius 1 is 1.33 bits per heavy atom. The summed E-state index contributed by atoms with van der Waals surface area (Å²) >= 11 is 0. The summed E-state index contributed by atoms with van der Waals surface area (Å²) in [6.45, 7) is 10.4. The van der Waals surface area contributed by atoms with Gasteiger partial charge in [-0.15, -0.1) is 0 Å². The summed E-state index contributed by atoms with van der Waals surface area (Å²) in [5.41, 5.74) is 1.15. The van der Waals surface area contributed by atoms with Gasteiger partial charge in [-0.2, -0.15) is 0 Å². The van der Waals surface area contributed by atoms with Crippen LogP contribution in [0.1, 0.15) is 52.5 Å². The Kier molecular flexibility index (Phi) is 5.51. The summed E-state index contributed by atoms with van der Waals surface area (Å²) in [7, 11) is 0. The highest BCUT2D eigenvalue weighted by atomic mass is 16.5. The highest BCUT2D eigenvalue weighted by Gasteiger charge is 2.32. The van der Waals surface area contributed by atoms with Gasteiger partial charge in [0.15, 0.2) is 11.5 Å². The van der Waals surface area contributed by atoms with Gasteiger partial charge in [0.25, 0.3) is 0 Å². The third-order valence-electron chi connectivity index (χ3n) is 3.90. The zero-order valence-electron chi connectivity index (χ0n) is 13.9. The van der Waals surface area contributed by atoms with E-state index in [1.54, 1.807) is 0 Å². The van der Waals surface area contributed by atoms with Crippen molar-refractivity contribution >= 4 is 0 Å². The second-order valence-corrected chi connectivity index (χ2v) is 6.59. The van der Waals surface area contributed by atoms with Gasteiger partial charge in [0.05, 0.1) is 6.61 Å². The molecule has 0 radical (unpaired) electrons. The minimum Gasteiger partial charge on any atom is -0.490 e. The lowest BCUT2D eigenvalue weighted by Gasteiger charge is -2.18. The first-order valence-electron chi connectivity index (χ1n) is 8.19. The largest absolute Gasteiger partial charge is 0.490 e. The zero-order valence-corrected chi connectivity index (χ0v) is 13.9. The minimum atomic E-state index is -0.108. The van der Waals surface area contributed by atoms with Crippen LogP contribution in [-0.4, -0.2) is 24.8 Å². The zero-order chi connectivity index (χ0) is 15.3. The van der Waals surface area contributed by atoms with Crippen molar-refractivity contribution in [3.8, 4) is 11.5 Å². The SMILES string of the molecule is CCNC(C)CCCCOc1cccc2c1OC(C)(C)C2. The summed E-state index contributed by atoms with van der Waals surface area (Å²) in [6, 6.07) is 6.81. The van der Waals surface area contributed by atoms with Crippen molar-refractivity contribution in [2.75, 3.05) is 13.2 Å². The molecular formula is C18H29NO2. The predicted octanol–water partition coefficient (Wildman–Crippen LogP) is 3.95. The van der Waals surface area contributed by atoms with Crippen molar-refractivity contribution in [1.82, 2.24) is 5.32 Å². The van der Waals surface area contributed by atoms with Gasteiger partial charge < -0.3 is 14.8 Å². The first-order chi connectivity index (χ1) is 10.0. The number of hydrogen-bond acceptors (Lipinski definition) is 3. The quantitative estimate of drug-likeness (QED) is 0.736. The lowest BCUT2D eigenvalue weighted by molar-refractivity contribution is 0.132. The molecule has 1 atom stereocenters. The molecule has 3 nitrogen and oxygen atoms in total. The molecule has 1 aliphatic rings. The molecule has 21 heavy (non-hydrogen) atoms. The average Bonchev–Trinajstić information content (AvgIpc) is 2.73. The van der Waals surface area contributed by atoms with Crippen LogP contribution in [0.15, 0.2) is 18.2 Å². The number of para-hydroxylation sites is 1. The van der Waals surface area contributed by atoms with Gasteiger partial charge in [0.2, 0.25) is 0 Å². The van der Waals surface area contributed by atoms with Crippen molar-refractivity contribution in [2.45, 2.75) is 65.0 Å². The van der Waals surface area contributed by atoms with Gasteiger partial charge in [-0.25, -0.2) is 0 Å². The maximum absolute atomic E-state index is 6.02. The van der Waals surface area contributed by atoms with Crippen LogP contribution in [0.3, 0.4) is 0 Å². The van der Waals surface area contributed by atoms with Gasteiger partial charge in [0, 0.05) is 18.0 Å². The molecule has 3 heteroatoms. The van der Waals surface area contributed by atoms with Crippen LogP contribution in [-0.2, 0) is 6.42 Å². The fraction of sp³-hybridized carbons (Fsp3) is 0.667. The second-order valence-electron chi connectivity index (χ2n) is 6.59. The van der Waals surface area contributed by atoms with E-state index in [0.717, 1.165) is 37.5 Å². The van der Waals surface area contributed by atoms with Gasteiger partial charge in [-0.1, -0.05) is 19.1 Å². The van der Waals surface area contributed by atoms with E-state index in [9.17, 15) is 0 Å². The van der Waals surface area contributed by atoms with Crippen molar-refractivity contribution in [3.63, 3.8) is 0 Å². The molecule has 0 saturated heterocycles. The molecular weight excluding hydrogens is 262 g/mol. The Labute approximate surface area is 129 Å². The van der Waals surface area contributed by atoms with E-state index in [-0.39, 0.29) is 5.60 Å². The van der Waals surface area contributed by atoms with Gasteiger partial charge in [0.1, 0.15) is 5.60 Å². The molecule has 1 N–H and O–H groups in total. The van der Waals surface area contributed by atoms with E-state index in [0.29, 0.717) is 6.04 Å². The molecule has 1 unspecified atom stereocenters. The molecule has 0 bridgehead atoms. The first kappa shape index (κ1) is 16.2. The highest BCUT2D eigenvalue weighted by molar-refractivity contribution is 5.50. The topological polar surface area (TPSA) is 30.5 Å². The molecule has 0 saturated carbocycles. The number of nitrogens with one attached hydrogen (secondary N) is 1. The monoisotopic (exact) mass is 291 g/mol. The van der Waals surface area contributed by atoms with Crippen molar-refractivity contribution < 1.29 is 9.47 Å². The van der Waals surface area contributed by atoms with Crippen molar-refractivity contribution in [3.05, 3.63) is 23.8 Å². The van der Waals surface area contributed by atoms with Crippen LogP contribution in [0.5, 0.6) is 11.5 Å². The minimum absolute atomic E-state index is 0.108. The van der Waals surface area contributed by atoms with Crippen LogP contribution in [0, 0.1) is 0 Å². The van der Waals surface area contributed by atoms with Crippen LogP contribution in [0.4, 0.5) is 0 Å². The molecule has 0 aromatic heterocycles. The Morgan fingerprint density at radius 2 is 2.14 bits per heavy atom. The van der Waals surface area contributed by atoms with Gasteiger partial charge >= 0.3 is 0 Å². The number of ether oxygens (including phenoxy) is 2. The van der Waals surface area contributed by atoms with Crippen molar-refractivity contribution in [1.29, 1.82) is 0 Å². The molecule has 1 aromatic carbocycles. The molecule has 1 aliphatic heterocycles. The first-order valence-corrected chi connectivity index (χ1v) is 8.19. The Balaban J connectivity index is 1.77. The number of fused-ring (bicyclic) bond motifs is 1. The van der Waals surface area contributed by atoms with Crippen LogP contribution in [0.2, 0.25) is 0 Å². The maximum Gasteiger partial charge on any atom is 0.165 e. The standard InChI is InChI=1S/C18H29NO2/c1-5-19-14(2)9-6-7-12-20-16-11-8-10-15-13-18(3,4)21-17(15)16/h8,10-11,14,19H,5-7,9,12-13H2,1-4H3. The predicted molar refractivity (Wildman–Crippen MR) is 87.3 cm³/mol. The fourth-order valence-corrected chi connectivity index (χ4v) is 2.89. The van der Waals surface area contributed by atoms with E-state index < -0.39 is 0 Å². The lowest BCUT2D eigenvalue weighted by atomic mass is 10.0. The number of benzene rings is 1. The average molecular weight is 291 g/mol. The lowest BCUT2D eigenvalue weighted by Crippen LogP contribution is -2.25. The number of rotatable bonds is 8. The Hall–Kier alpha value is -1.22. The normalized spacial score (nSPS) is 17.1. The molecule has 0 amide bonds. The Morgan fingerprint density at radius 3 is 2.90 bits per heavy atom. The van der Waals surface area contributed by atoms with E-state index in [1.807, 2.05) is 6.07 Å². The fourth-order valence-electron chi connectivity index (χ4n) is 2.89. The van der Waals surface area contributed by atoms with Crippen molar-refractivity contribution in [2.24, 2.45) is 0 Å². The van der Waals surface area contributed by atoms with E-state index >= 15 is 0 Å². The summed E-state index contributed by atoms with van der Waals surface area (Å²) < 4.78 is 12.0. The molecule has 2 rings (SSSR count). The molecule has 118 valence electrons. The molecule has 0 fully saturated rings. The molecule has 0 aliphatic carbocycles. The number of hydrogen-bond donors (Lipinski definition) is 1. The summed E-state index contributed by atoms with van der Waals surface area (Å²) in [5.74, 6) is 1.85. The molecule has 1 heterocycles. The Bertz CT molecular complexity index is 457. The van der Waals surface area contributed by atoms with E-state index in [2.05, 4.69) is 45.1 Å². The van der Waals surface area contributed by atoms with Gasteiger partial charge in [-0.05, 0) is 52.6 Å². The van der Waals surface area contributed by atoms with Crippen LogP contribution in [0.25, 0.3) is 0 Å². The summed E-state index contributed by atoms with van der Waals surface area (Å²) in [6.07, 6.45) is 4.44. The smallest absolute Gasteiger partial charge is 0.165 e. The maximum atomic E-state index is 6.02. The van der Waals surface area contributed by atoms with E-state index in [1.165, 1.54) is 18.4 Å². The van der Waals surface area contributed by atoms with Crippen LogP contribution < -0.4 is 14.8 Å². The van der Waals surface area contributed by atoms with E-state index in [4.69, 9.17) is 9.47 Å². The molecule has 1 aromatic rings. The van der Waals surface area contributed by atoms with Gasteiger partial charge in [-0.3, -0.25) is 0 Å². The van der Waals surface area contributed by atoms with Crippen LogP contribution >= 0.6 is 0 Å². The third-order valence-corrected chi connectivity index (χ3v) is 3.90. The summed E-state index contributed by atoms with van der Waals surface area (Å²) in [5, 5.41) is 3.44. The number of unbranched alkanes of at least 4 members (excludes halogenated alkanes) is 1. The summed E-state index contributed by atoms with van der Waals surface area (Å²) in [4.78, 5) is 0.